The van der Waals surface area contributed by atoms with Gasteiger partial charge in [-0.2, -0.15) is 0 Å². The lowest BCUT2D eigenvalue weighted by Gasteiger charge is -2.24. The van der Waals surface area contributed by atoms with E-state index < -0.39 is 18.2 Å². The first-order valence-electron chi connectivity index (χ1n) is 24.9. The lowest BCUT2D eigenvalue weighted by Crippen LogP contribution is -2.46. The summed E-state index contributed by atoms with van der Waals surface area (Å²) < 4.78 is 5.81. The highest BCUT2D eigenvalue weighted by Gasteiger charge is 2.23. The molecular formula is C56H91NO5. The summed E-state index contributed by atoms with van der Waals surface area (Å²) in [6.45, 7) is 6.13. The van der Waals surface area contributed by atoms with Gasteiger partial charge in [0.1, 0.15) is 6.10 Å². The van der Waals surface area contributed by atoms with Crippen molar-refractivity contribution in [1.29, 1.82) is 0 Å². The van der Waals surface area contributed by atoms with Crippen LogP contribution in [0.15, 0.2) is 122 Å². The van der Waals surface area contributed by atoms with Crippen LogP contribution >= 0.6 is 0 Å². The highest BCUT2D eigenvalue weighted by molar-refractivity contribution is 5.77. The van der Waals surface area contributed by atoms with Crippen LogP contribution < -0.4 is 5.32 Å². The highest BCUT2D eigenvalue weighted by Crippen LogP contribution is 2.16. The minimum atomic E-state index is -0.833. The summed E-state index contributed by atoms with van der Waals surface area (Å²) in [5.41, 5.74) is 0. The molecule has 0 heterocycles. The van der Waals surface area contributed by atoms with E-state index in [2.05, 4.69) is 44.3 Å². The van der Waals surface area contributed by atoms with Crippen LogP contribution in [0.4, 0.5) is 0 Å². The van der Waals surface area contributed by atoms with Crippen molar-refractivity contribution in [1.82, 2.24) is 5.32 Å². The summed E-state index contributed by atoms with van der Waals surface area (Å²) in [5, 5.41) is 23.7. The Bertz CT molecular complexity index is 1330. The van der Waals surface area contributed by atoms with E-state index in [1.54, 1.807) is 0 Å². The molecule has 6 nitrogen and oxygen atoms in total. The summed E-state index contributed by atoms with van der Waals surface area (Å²) in [7, 11) is 0. The Balaban J connectivity index is 4.70. The number of hydrogen-bond donors (Lipinski definition) is 3. The van der Waals surface area contributed by atoms with Gasteiger partial charge >= 0.3 is 5.97 Å². The molecule has 0 saturated heterocycles. The Morgan fingerprint density at radius 2 is 0.903 bits per heavy atom. The SMILES string of the molecule is CC/C=C/C=C/C=C\C=C/C=C/CCCCCC(=O)OC(C/C=C/C=C\C=C/C=C/C=C/CC)CC(=O)NC(CO)C(O)CCCCCCCCCCCCCCCCCCC. The average Bonchev–Trinajstić information content (AvgIpc) is 3.26. The number of ether oxygens (including phenoxy) is 1. The van der Waals surface area contributed by atoms with E-state index in [0.29, 0.717) is 19.3 Å². The normalized spacial score (nSPS) is 14.3. The summed E-state index contributed by atoms with van der Waals surface area (Å²) in [4.78, 5) is 26.0. The maximum atomic E-state index is 13.1. The van der Waals surface area contributed by atoms with E-state index in [9.17, 15) is 19.8 Å². The largest absolute Gasteiger partial charge is 0.461 e. The number of esters is 1. The molecule has 3 N–H and O–H groups in total. The second-order valence-electron chi connectivity index (χ2n) is 16.4. The van der Waals surface area contributed by atoms with Gasteiger partial charge in [-0.05, 0) is 38.5 Å². The molecule has 0 aliphatic heterocycles. The molecule has 0 saturated carbocycles. The molecule has 0 aromatic heterocycles. The maximum absolute atomic E-state index is 13.1. The van der Waals surface area contributed by atoms with E-state index in [0.717, 1.165) is 57.8 Å². The van der Waals surface area contributed by atoms with Crippen molar-refractivity contribution in [3.8, 4) is 0 Å². The summed E-state index contributed by atoms with van der Waals surface area (Å²) >= 11 is 0. The molecule has 1 amide bonds. The predicted molar refractivity (Wildman–Crippen MR) is 268 cm³/mol. The summed E-state index contributed by atoms with van der Waals surface area (Å²) in [6.07, 6.45) is 67.1. The zero-order valence-corrected chi connectivity index (χ0v) is 39.7. The number of allylic oxidation sites excluding steroid dienone is 19. The van der Waals surface area contributed by atoms with Gasteiger partial charge in [0.2, 0.25) is 5.91 Å². The molecule has 0 aromatic rings. The molecule has 0 aliphatic carbocycles. The minimum absolute atomic E-state index is 0.0438. The van der Waals surface area contributed by atoms with Crippen LogP contribution in [0, 0.1) is 0 Å². The van der Waals surface area contributed by atoms with Gasteiger partial charge in [-0.1, -0.05) is 258 Å². The number of unbranched alkanes of at least 4 members (excludes halogenated alkanes) is 19. The second kappa shape index (κ2) is 48.3. The Morgan fingerprint density at radius 3 is 1.35 bits per heavy atom. The van der Waals surface area contributed by atoms with Crippen LogP contribution in [0.3, 0.4) is 0 Å². The van der Waals surface area contributed by atoms with Crippen LogP contribution in [0.1, 0.15) is 194 Å². The smallest absolute Gasteiger partial charge is 0.306 e. The summed E-state index contributed by atoms with van der Waals surface area (Å²) in [6, 6.07) is -0.757. The number of carbonyl (C=O) groups excluding carboxylic acids is 2. The van der Waals surface area contributed by atoms with Gasteiger partial charge in [0, 0.05) is 12.8 Å². The predicted octanol–water partition coefficient (Wildman–Crippen LogP) is 14.9. The Kier molecular flexibility index (Phi) is 45.4. The third kappa shape index (κ3) is 42.9. The fourth-order valence-corrected chi connectivity index (χ4v) is 6.82. The van der Waals surface area contributed by atoms with E-state index in [1.165, 1.54) is 89.9 Å². The zero-order chi connectivity index (χ0) is 45.2. The van der Waals surface area contributed by atoms with Crippen molar-refractivity contribution in [2.24, 2.45) is 0 Å². The Morgan fingerprint density at radius 1 is 0.500 bits per heavy atom. The molecule has 0 fully saturated rings. The average molecular weight is 858 g/mol. The molecule has 0 radical (unpaired) electrons. The molecular weight excluding hydrogens is 767 g/mol. The first-order valence-corrected chi connectivity index (χ1v) is 24.9. The van der Waals surface area contributed by atoms with Crippen LogP contribution in [0.2, 0.25) is 0 Å². The lowest BCUT2D eigenvalue weighted by molar-refractivity contribution is -0.150. The van der Waals surface area contributed by atoms with Gasteiger partial charge in [0.15, 0.2) is 0 Å². The van der Waals surface area contributed by atoms with Crippen molar-refractivity contribution < 1.29 is 24.5 Å². The molecule has 0 bridgehead atoms. The monoisotopic (exact) mass is 858 g/mol. The van der Waals surface area contributed by atoms with E-state index in [1.807, 2.05) is 103 Å². The van der Waals surface area contributed by atoms with Gasteiger partial charge in [-0.3, -0.25) is 9.59 Å². The maximum Gasteiger partial charge on any atom is 0.306 e. The van der Waals surface area contributed by atoms with Gasteiger partial charge in [-0.15, -0.1) is 0 Å². The highest BCUT2D eigenvalue weighted by atomic mass is 16.5. The molecule has 62 heavy (non-hydrogen) atoms. The number of aliphatic hydroxyl groups excluding tert-OH is 2. The van der Waals surface area contributed by atoms with Crippen molar-refractivity contribution >= 4 is 11.9 Å². The van der Waals surface area contributed by atoms with Crippen LogP contribution in [-0.2, 0) is 14.3 Å². The van der Waals surface area contributed by atoms with Crippen molar-refractivity contribution in [3.63, 3.8) is 0 Å². The number of carbonyl (C=O) groups is 2. The van der Waals surface area contributed by atoms with Crippen LogP contribution in [-0.4, -0.2) is 46.9 Å². The zero-order valence-electron chi connectivity index (χ0n) is 39.7. The first kappa shape index (κ1) is 58.3. The van der Waals surface area contributed by atoms with E-state index in [-0.39, 0.29) is 24.9 Å². The molecule has 350 valence electrons. The standard InChI is InChI=1S/C56H91NO5/c1-4-7-10-13-16-19-22-24-26-27-29-30-33-36-39-42-45-48-54(59)53(51-58)57-55(60)50-52(47-44-41-38-35-32-21-18-15-12-9-6-3)62-56(61)49-46-43-40-37-34-31-28-25-23-20-17-14-11-8-5-2/h8-9,11-12,14-15,17-18,20-21,23,25,28,31-32,34-35,38,41,44,52-54,58-59H,4-7,10,13,16,19,22,24,26-27,29-30,33,36-37,39-40,42-43,45-51H2,1-3H3,(H,57,60)/b11-8+,12-9+,17-14+,18-15+,23-20-,28-25-,32-21-,34-31+,38-35-,44-41+. The van der Waals surface area contributed by atoms with Crippen LogP contribution in [0.5, 0.6) is 0 Å². The molecule has 6 heteroatoms. The van der Waals surface area contributed by atoms with Crippen LogP contribution in [0.25, 0.3) is 0 Å². The fraction of sp³-hybridized carbons (Fsp3) is 0.607. The molecule has 3 atom stereocenters. The fourth-order valence-electron chi connectivity index (χ4n) is 6.82. The second-order valence-corrected chi connectivity index (χ2v) is 16.4. The molecule has 0 aliphatic rings. The topological polar surface area (TPSA) is 95.9 Å². The Hall–Kier alpha value is -3.74. The van der Waals surface area contributed by atoms with E-state index in [4.69, 9.17) is 4.74 Å². The number of rotatable bonds is 42. The molecule has 3 unspecified atom stereocenters. The third-order valence-corrected chi connectivity index (χ3v) is 10.5. The van der Waals surface area contributed by atoms with Crippen molar-refractivity contribution in [2.75, 3.05) is 6.61 Å². The number of amides is 1. The third-order valence-electron chi connectivity index (χ3n) is 10.5. The quantitative estimate of drug-likeness (QED) is 0.0323. The van der Waals surface area contributed by atoms with Gasteiger partial charge < -0.3 is 20.3 Å². The van der Waals surface area contributed by atoms with Crippen molar-refractivity contribution in [3.05, 3.63) is 122 Å². The van der Waals surface area contributed by atoms with Crippen molar-refractivity contribution in [2.45, 2.75) is 212 Å². The molecule has 0 spiro atoms. The number of hydrogen-bond acceptors (Lipinski definition) is 5. The van der Waals surface area contributed by atoms with E-state index >= 15 is 0 Å². The first-order chi connectivity index (χ1) is 30.5. The van der Waals surface area contributed by atoms with Gasteiger partial charge in [0.05, 0.1) is 25.2 Å². The lowest BCUT2D eigenvalue weighted by atomic mass is 10.0. The number of nitrogens with one attached hydrogen (secondary N) is 1. The van der Waals surface area contributed by atoms with Gasteiger partial charge in [0.25, 0.3) is 0 Å². The number of aliphatic hydroxyl groups is 2. The summed E-state index contributed by atoms with van der Waals surface area (Å²) in [5.74, 6) is -0.670. The molecule has 0 aromatic carbocycles. The van der Waals surface area contributed by atoms with Gasteiger partial charge in [-0.25, -0.2) is 0 Å². The molecule has 0 rings (SSSR count). The Labute approximate surface area is 380 Å². The minimum Gasteiger partial charge on any atom is -0.461 e.